The van der Waals surface area contributed by atoms with Crippen molar-refractivity contribution in [2.24, 2.45) is 5.73 Å². The number of rotatable bonds is 5. The fourth-order valence-electron chi connectivity index (χ4n) is 4.38. The highest BCUT2D eigenvalue weighted by Gasteiger charge is 2.36. The van der Waals surface area contributed by atoms with Crippen LogP contribution >= 0.6 is 24.8 Å². The van der Waals surface area contributed by atoms with Crippen molar-refractivity contribution in [3.63, 3.8) is 0 Å². The summed E-state index contributed by atoms with van der Waals surface area (Å²) >= 11 is 0. The van der Waals surface area contributed by atoms with Crippen LogP contribution in [0.1, 0.15) is 11.1 Å². The van der Waals surface area contributed by atoms with Gasteiger partial charge < -0.3 is 25.4 Å². The number of morpholine rings is 1. The number of anilines is 1. The average molecular weight is 579 g/mol. The van der Waals surface area contributed by atoms with Crippen molar-refractivity contribution in [3.8, 4) is 17.3 Å². The van der Waals surface area contributed by atoms with Gasteiger partial charge in [0.15, 0.2) is 11.6 Å². The summed E-state index contributed by atoms with van der Waals surface area (Å²) in [7, 11) is 0. The molecular weight excluding hydrogens is 552 g/mol. The molecule has 2 fully saturated rings. The topological polar surface area (TPSA) is 123 Å². The van der Waals surface area contributed by atoms with E-state index in [1.165, 1.54) is 0 Å². The van der Waals surface area contributed by atoms with Crippen LogP contribution in [-0.4, -0.2) is 83.1 Å². The molecule has 3 N–H and O–H groups in total. The number of piperazine rings is 1. The predicted molar refractivity (Wildman–Crippen MR) is 137 cm³/mol. The van der Waals surface area contributed by atoms with Crippen LogP contribution in [0.3, 0.4) is 0 Å². The monoisotopic (exact) mass is 578 g/mol. The molecule has 0 bridgehead atoms. The Balaban J connectivity index is 0.00000200. The molecule has 11 nitrogen and oxygen atoms in total. The van der Waals surface area contributed by atoms with E-state index in [9.17, 15) is 18.0 Å². The van der Waals surface area contributed by atoms with Crippen LogP contribution in [0.5, 0.6) is 5.88 Å². The smallest absolute Gasteiger partial charge is 0.391 e. The Labute approximate surface area is 228 Å². The molecule has 208 valence electrons. The highest BCUT2D eigenvalue weighted by molar-refractivity contribution is 5.85. The Morgan fingerprint density at radius 3 is 2.50 bits per heavy atom. The van der Waals surface area contributed by atoms with Gasteiger partial charge in [-0.2, -0.15) is 13.2 Å². The van der Waals surface area contributed by atoms with E-state index in [2.05, 4.69) is 30.0 Å². The number of hydrogen-bond acceptors (Lipinski definition) is 9. The Bertz CT molecular complexity index is 1260. The molecule has 3 aromatic rings. The van der Waals surface area contributed by atoms with Gasteiger partial charge in [0.2, 0.25) is 5.88 Å². The second kappa shape index (κ2) is 12.3. The third-order valence-corrected chi connectivity index (χ3v) is 6.06. The van der Waals surface area contributed by atoms with Crippen LogP contribution in [0.15, 0.2) is 24.5 Å². The van der Waals surface area contributed by atoms with E-state index < -0.39 is 23.7 Å². The van der Waals surface area contributed by atoms with Crippen molar-refractivity contribution in [3.05, 3.63) is 35.7 Å². The van der Waals surface area contributed by atoms with Crippen molar-refractivity contribution in [1.82, 2.24) is 29.8 Å². The number of hydrogen-bond donors (Lipinski definition) is 2. The third kappa shape index (κ3) is 6.56. The molecule has 0 aliphatic carbocycles. The first-order valence-corrected chi connectivity index (χ1v) is 11.5. The average Bonchev–Trinajstić information content (AvgIpc) is 3.26. The van der Waals surface area contributed by atoms with Gasteiger partial charge in [-0.25, -0.2) is 19.3 Å². The largest absolute Gasteiger partial charge is 0.417 e. The molecule has 0 unspecified atom stereocenters. The normalized spacial score (nSPS) is 16.6. The molecule has 38 heavy (non-hydrogen) atoms. The van der Waals surface area contributed by atoms with Crippen LogP contribution in [-0.2, 0) is 17.5 Å². The van der Waals surface area contributed by atoms with Gasteiger partial charge in [-0.05, 0) is 11.6 Å². The van der Waals surface area contributed by atoms with Crippen molar-refractivity contribution < 1.29 is 27.4 Å². The predicted octanol–water partition coefficient (Wildman–Crippen LogP) is 2.35. The third-order valence-electron chi connectivity index (χ3n) is 6.06. The fraction of sp³-hybridized carbons (Fsp3) is 0.455. The SMILES string of the molecule is Cl.Cl.NC(=O)Oc1cc(C(F)(F)F)c(-c2nc(N3CCOCC3)c3cc(CN4CCNCC4)cn3n2)cn1. The summed E-state index contributed by atoms with van der Waals surface area (Å²) in [4.78, 5) is 23.7. The number of carbonyl (C=O) groups excluding carboxylic acids is 1. The maximum absolute atomic E-state index is 14.0. The summed E-state index contributed by atoms with van der Waals surface area (Å²) < 4.78 is 53.5. The zero-order valence-electron chi connectivity index (χ0n) is 20.1. The summed E-state index contributed by atoms with van der Waals surface area (Å²) in [6.45, 7) is 6.35. The van der Waals surface area contributed by atoms with E-state index >= 15 is 0 Å². The quantitative estimate of drug-likeness (QED) is 0.469. The molecule has 5 heterocycles. The molecule has 0 radical (unpaired) electrons. The van der Waals surface area contributed by atoms with Gasteiger partial charge in [0, 0.05) is 64.3 Å². The van der Waals surface area contributed by atoms with Gasteiger partial charge in [-0.1, -0.05) is 0 Å². The van der Waals surface area contributed by atoms with Gasteiger partial charge in [0.05, 0.1) is 24.3 Å². The molecule has 16 heteroatoms. The van der Waals surface area contributed by atoms with Gasteiger partial charge in [-0.15, -0.1) is 29.9 Å². The van der Waals surface area contributed by atoms with Crippen molar-refractivity contribution in [1.29, 1.82) is 0 Å². The second-order valence-corrected chi connectivity index (χ2v) is 8.55. The molecule has 3 aromatic heterocycles. The molecule has 0 atom stereocenters. The maximum Gasteiger partial charge on any atom is 0.417 e. The molecule has 0 aromatic carbocycles. The number of nitrogens with two attached hydrogens (primary N) is 1. The number of aromatic nitrogens is 4. The lowest BCUT2D eigenvalue weighted by atomic mass is 10.1. The summed E-state index contributed by atoms with van der Waals surface area (Å²) in [5.74, 6) is -0.202. The number of amides is 1. The highest BCUT2D eigenvalue weighted by atomic mass is 35.5. The number of carbonyl (C=O) groups is 1. The van der Waals surface area contributed by atoms with Crippen LogP contribution in [0.4, 0.5) is 23.8 Å². The maximum atomic E-state index is 14.0. The van der Waals surface area contributed by atoms with Gasteiger partial charge in [0.1, 0.15) is 5.52 Å². The molecule has 0 spiro atoms. The van der Waals surface area contributed by atoms with Crippen LogP contribution < -0.4 is 20.7 Å². The van der Waals surface area contributed by atoms with Crippen LogP contribution in [0, 0.1) is 0 Å². The number of nitrogens with one attached hydrogen (secondary N) is 1. The zero-order valence-corrected chi connectivity index (χ0v) is 21.7. The molecule has 2 aliphatic rings. The second-order valence-electron chi connectivity index (χ2n) is 8.55. The lowest BCUT2D eigenvalue weighted by molar-refractivity contribution is -0.137. The molecule has 2 saturated heterocycles. The van der Waals surface area contributed by atoms with Crippen molar-refractivity contribution >= 4 is 42.2 Å². The molecule has 5 rings (SSSR count). The number of alkyl halides is 3. The van der Waals surface area contributed by atoms with E-state index in [0.29, 0.717) is 50.2 Å². The lowest BCUT2D eigenvalue weighted by Gasteiger charge is -2.28. The zero-order chi connectivity index (χ0) is 25.3. The molecule has 0 saturated carbocycles. The number of ether oxygens (including phenoxy) is 2. The lowest BCUT2D eigenvalue weighted by Crippen LogP contribution is -2.42. The van der Waals surface area contributed by atoms with Gasteiger partial charge >= 0.3 is 12.3 Å². The summed E-state index contributed by atoms with van der Waals surface area (Å²) in [5, 5.41) is 7.74. The minimum absolute atomic E-state index is 0. The van der Waals surface area contributed by atoms with Gasteiger partial charge in [-0.3, -0.25) is 4.90 Å². The van der Waals surface area contributed by atoms with E-state index in [1.807, 2.05) is 17.2 Å². The van der Waals surface area contributed by atoms with Crippen LogP contribution in [0.25, 0.3) is 16.9 Å². The molecular formula is C22H27Cl2F3N8O3. The molecule has 2 aliphatic heterocycles. The van der Waals surface area contributed by atoms with Crippen molar-refractivity contribution in [2.75, 3.05) is 57.4 Å². The Morgan fingerprint density at radius 2 is 1.84 bits per heavy atom. The number of nitrogens with zero attached hydrogens (tertiary/aromatic N) is 6. The number of halogens is 5. The van der Waals surface area contributed by atoms with E-state index in [0.717, 1.165) is 37.9 Å². The van der Waals surface area contributed by atoms with E-state index in [1.54, 1.807) is 4.52 Å². The summed E-state index contributed by atoms with van der Waals surface area (Å²) in [5.41, 5.74) is 5.18. The number of primary amides is 1. The summed E-state index contributed by atoms with van der Waals surface area (Å²) in [6.07, 6.45) is -3.29. The van der Waals surface area contributed by atoms with Gasteiger partial charge in [0.25, 0.3) is 0 Å². The minimum Gasteiger partial charge on any atom is -0.391 e. The summed E-state index contributed by atoms with van der Waals surface area (Å²) in [6, 6.07) is 2.59. The fourth-order valence-corrected chi connectivity index (χ4v) is 4.38. The molecule has 1 amide bonds. The minimum atomic E-state index is -4.78. The van der Waals surface area contributed by atoms with E-state index in [-0.39, 0.29) is 36.2 Å². The first-order valence-electron chi connectivity index (χ1n) is 11.5. The Morgan fingerprint density at radius 1 is 1.13 bits per heavy atom. The van der Waals surface area contributed by atoms with E-state index in [4.69, 9.17) is 10.5 Å². The Hall–Kier alpha value is -2.91. The standard InChI is InChI=1S/C22H25F3N8O3.2ClH/c23-22(24,25)16-10-18(36-21(26)34)28-11-15(16)19-29-20(32-5-7-35-8-6-32)17-9-14(13-33(17)30-19)12-31-3-1-27-2-4-31;;/h9-11,13,27H,1-8,12H2,(H2,26,34);2*1H. The number of pyridine rings is 1. The first-order chi connectivity index (χ1) is 17.3. The van der Waals surface area contributed by atoms with Crippen molar-refractivity contribution in [2.45, 2.75) is 12.7 Å². The number of fused-ring (bicyclic) bond motifs is 1. The van der Waals surface area contributed by atoms with Crippen LogP contribution in [0.2, 0.25) is 0 Å². The Kier molecular flexibility index (Phi) is 9.59. The first kappa shape index (κ1) is 29.6. The highest BCUT2D eigenvalue weighted by Crippen LogP contribution is 2.38.